The summed E-state index contributed by atoms with van der Waals surface area (Å²) >= 11 is 0. The first-order valence-electron chi connectivity index (χ1n) is 3.93. The maximum absolute atomic E-state index is 11.0. The van der Waals surface area contributed by atoms with Crippen LogP contribution in [0.5, 0.6) is 0 Å². The number of hydrogen-bond acceptors (Lipinski definition) is 2. The van der Waals surface area contributed by atoms with Crippen molar-refractivity contribution in [2.45, 2.75) is 6.92 Å². The third-order valence-corrected chi connectivity index (χ3v) is 1.65. The zero-order valence-electron chi connectivity index (χ0n) is 7.91. The highest BCUT2D eigenvalue weighted by atomic mass is 35.5. The fraction of sp³-hybridized carbons (Fsp3) is 0.100. The molecule has 0 radical (unpaired) electrons. The van der Waals surface area contributed by atoms with Gasteiger partial charge in [-0.1, -0.05) is 12.6 Å². The maximum Gasteiger partial charge on any atom is 0.247 e. The normalized spacial score (nSPS) is 8.64. The average Bonchev–Trinajstić information content (AvgIpc) is 2.11. The Morgan fingerprint density at radius 2 is 2.21 bits per heavy atom. The molecule has 0 aliphatic carbocycles. The number of benzene rings is 1. The van der Waals surface area contributed by atoms with Crippen molar-refractivity contribution < 1.29 is 4.79 Å². The zero-order chi connectivity index (χ0) is 9.84. The number of anilines is 2. The Labute approximate surface area is 89.4 Å². The van der Waals surface area contributed by atoms with Crippen LogP contribution in [0.2, 0.25) is 0 Å². The van der Waals surface area contributed by atoms with E-state index in [-0.39, 0.29) is 18.3 Å². The number of carbonyl (C=O) groups is 1. The molecule has 0 bridgehead atoms. The molecule has 0 aliphatic rings. The summed E-state index contributed by atoms with van der Waals surface area (Å²) in [6.07, 6.45) is 1.21. The number of nitrogens with one attached hydrogen (secondary N) is 1. The van der Waals surface area contributed by atoms with Crippen LogP contribution in [0.15, 0.2) is 30.9 Å². The van der Waals surface area contributed by atoms with E-state index in [1.807, 2.05) is 19.1 Å². The Kier molecular flexibility index (Phi) is 4.73. The van der Waals surface area contributed by atoms with Crippen LogP contribution < -0.4 is 11.1 Å². The van der Waals surface area contributed by atoms with Crippen molar-refractivity contribution >= 4 is 29.7 Å². The Morgan fingerprint density at radius 1 is 1.57 bits per heavy atom. The lowest BCUT2D eigenvalue weighted by Crippen LogP contribution is -2.09. The van der Waals surface area contributed by atoms with Gasteiger partial charge in [-0.05, 0) is 30.7 Å². The standard InChI is InChI=1S/C10H12N2O.ClH/c1-3-10(13)12-9-6-7(2)4-5-8(9)11;/h3-6H,1,11H2,2H3,(H,12,13);1H. The largest absolute Gasteiger partial charge is 0.397 e. The molecule has 1 aromatic rings. The molecule has 0 heterocycles. The minimum atomic E-state index is -0.252. The van der Waals surface area contributed by atoms with Crippen molar-refractivity contribution in [3.63, 3.8) is 0 Å². The molecule has 0 spiro atoms. The van der Waals surface area contributed by atoms with Crippen LogP contribution >= 0.6 is 12.4 Å². The summed E-state index contributed by atoms with van der Waals surface area (Å²) in [5.74, 6) is -0.252. The van der Waals surface area contributed by atoms with Crippen LogP contribution in [-0.4, -0.2) is 5.91 Å². The number of rotatable bonds is 2. The highest BCUT2D eigenvalue weighted by molar-refractivity contribution is 6.00. The van der Waals surface area contributed by atoms with Crippen molar-refractivity contribution in [2.24, 2.45) is 0 Å². The molecule has 0 atom stereocenters. The van der Waals surface area contributed by atoms with Crippen molar-refractivity contribution in [1.82, 2.24) is 0 Å². The van der Waals surface area contributed by atoms with Gasteiger partial charge in [-0.25, -0.2) is 0 Å². The third-order valence-electron chi connectivity index (χ3n) is 1.65. The van der Waals surface area contributed by atoms with Crippen molar-refractivity contribution in [1.29, 1.82) is 0 Å². The fourth-order valence-electron chi connectivity index (χ4n) is 0.962. The molecule has 3 nitrogen and oxygen atoms in total. The minimum Gasteiger partial charge on any atom is -0.397 e. The first kappa shape index (κ1) is 12.5. The lowest BCUT2D eigenvalue weighted by atomic mass is 10.2. The summed E-state index contributed by atoms with van der Waals surface area (Å²) in [4.78, 5) is 11.0. The van der Waals surface area contributed by atoms with E-state index in [4.69, 9.17) is 5.73 Å². The van der Waals surface area contributed by atoms with E-state index in [1.165, 1.54) is 6.08 Å². The molecular weight excluding hydrogens is 200 g/mol. The molecule has 1 aromatic carbocycles. The Hall–Kier alpha value is -1.48. The predicted molar refractivity (Wildman–Crippen MR) is 61.7 cm³/mol. The van der Waals surface area contributed by atoms with Crippen LogP contribution in [0.3, 0.4) is 0 Å². The van der Waals surface area contributed by atoms with E-state index in [9.17, 15) is 4.79 Å². The highest BCUT2D eigenvalue weighted by Crippen LogP contribution is 2.19. The molecule has 4 heteroatoms. The van der Waals surface area contributed by atoms with Crippen LogP contribution in [0.1, 0.15) is 5.56 Å². The van der Waals surface area contributed by atoms with Crippen LogP contribution in [0, 0.1) is 6.92 Å². The molecule has 3 N–H and O–H groups in total. The van der Waals surface area contributed by atoms with Gasteiger partial charge >= 0.3 is 0 Å². The van der Waals surface area contributed by atoms with Gasteiger partial charge in [0.15, 0.2) is 0 Å². The maximum atomic E-state index is 11.0. The monoisotopic (exact) mass is 212 g/mol. The van der Waals surface area contributed by atoms with Crippen molar-refractivity contribution in [3.05, 3.63) is 36.4 Å². The van der Waals surface area contributed by atoms with E-state index >= 15 is 0 Å². The number of hydrogen-bond donors (Lipinski definition) is 2. The first-order chi connectivity index (χ1) is 6.13. The molecule has 0 fully saturated rings. The number of aryl methyl sites for hydroxylation is 1. The summed E-state index contributed by atoms with van der Waals surface area (Å²) in [6.45, 7) is 5.29. The second kappa shape index (κ2) is 5.29. The van der Waals surface area contributed by atoms with Crippen molar-refractivity contribution in [3.8, 4) is 0 Å². The zero-order valence-corrected chi connectivity index (χ0v) is 8.73. The summed E-state index contributed by atoms with van der Waals surface area (Å²) in [5.41, 5.74) is 7.88. The van der Waals surface area contributed by atoms with Crippen LogP contribution in [-0.2, 0) is 4.79 Å². The van der Waals surface area contributed by atoms with E-state index in [0.29, 0.717) is 11.4 Å². The molecule has 0 aromatic heterocycles. The van der Waals surface area contributed by atoms with Crippen molar-refractivity contribution in [2.75, 3.05) is 11.1 Å². The number of nitrogens with two attached hydrogens (primary N) is 1. The van der Waals surface area contributed by atoms with E-state index in [1.54, 1.807) is 6.07 Å². The van der Waals surface area contributed by atoms with Crippen LogP contribution in [0.25, 0.3) is 0 Å². The molecule has 76 valence electrons. The lowest BCUT2D eigenvalue weighted by Gasteiger charge is -2.06. The molecule has 0 saturated carbocycles. The number of nitrogen functional groups attached to an aromatic ring is 1. The number of halogens is 1. The minimum absolute atomic E-state index is 0. The molecule has 1 amide bonds. The highest BCUT2D eigenvalue weighted by Gasteiger charge is 2.01. The van der Waals surface area contributed by atoms with Gasteiger partial charge in [-0.2, -0.15) is 0 Å². The lowest BCUT2D eigenvalue weighted by molar-refractivity contribution is -0.111. The molecule has 0 aliphatic heterocycles. The summed E-state index contributed by atoms with van der Waals surface area (Å²) < 4.78 is 0. The Balaban J connectivity index is 0.00000169. The van der Waals surface area contributed by atoms with Gasteiger partial charge < -0.3 is 11.1 Å². The summed E-state index contributed by atoms with van der Waals surface area (Å²) in [7, 11) is 0. The SMILES string of the molecule is C=CC(=O)Nc1cc(C)ccc1N.Cl. The number of amides is 1. The van der Waals surface area contributed by atoms with Gasteiger partial charge in [0.05, 0.1) is 11.4 Å². The average molecular weight is 213 g/mol. The van der Waals surface area contributed by atoms with Gasteiger partial charge in [-0.15, -0.1) is 12.4 Å². The van der Waals surface area contributed by atoms with Gasteiger partial charge in [0.2, 0.25) is 5.91 Å². The third kappa shape index (κ3) is 3.11. The summed E-state index contributed by atoms with van der Waals surface area (Å²) in [5, 5.41) is 2.62. The second-order valence-corrected chi connectivity index (χ2v) is 2.78. The fourth-order valence-corrected chi connectivity index (χ4v) is 0.962. The predicted octanol–water partition coefficient (Wildman–Crippen LogP) is 2.12. The smallest absolute Gasteiger partial charge is 0.247 e. The topological polar surface area (TPSA) is 55.1 Å². The van der Waals surface area contributed by atoms with Gasteiger partial charge in [0.1, 0.15) is 0 Å². The van der Waals surface area contributed by atoms with Gasteiger partial charge in [-0.3, -0.25) is 4.79 Å². The summed E-state index contributed by atoms with van der Waals surface area (Å²) in [6, 6.07) is 5.46. The number of carbonyl (C=O) groups excluding carboxylic acids is 1. The second-order valence-electron chi connectivity index (χ2n) is 2.78. The van der Waals surface area contributed by atoms with Gasteiger partial charge in [0, 0.05) is 0 Å². The van der Waals surface area contributed by atoms with E-state index in [2.05, 4.69) is 11.9 Å². The first-order valence-corrected chi connectivity index (χ1v) is 3.93. The molecular formula is C10H13ClN2O. The Bertz CT molecular complexity index is 350. The Morgan fingerprint density at radius 3 is 2.79 bits per heavy atom. The molecule has 0 saturated heterocycles. The molecule has 1 rings (SSSR count). The van der Waals surface area contributed by atoms with Crippen LogP contribution in [0.4, 0.5) is 11.4 Å². The molecule has 0 unspecified atom stereocenters. The quantitative estimate of drug-likeness (QED) is 0.583. The molecule has 14 heavy (non-hydrogen) atoms. The van der Waals surface area contributed by atoms with Gasteiger partial charge in [0.25, 0.3) is 0 Å². The van der Waals surface area contributed by atoms with E-state index in [0.717, 1.165) is 5.56 Å². The van der Waals surface area contributed by atoms with E-state index < -0.39 is 0 Å².